The molecule has 10 heteroatoms. The molecule has 1 saturated heterocycles. The highest BCUT2D eigenvalue weighted by Gasteiger charge is 2.30. The lowest BCUT2D eigenvalue weighted by Crippen LogP contribution is -2.39. The summed E-state index contributed by atoms with van der Waals surface area (Å²) in [5.41, 5.74) is 0.358. The van der Waals surface area contributed by atoms with Gasteiger partial charge in [-0.1, -0.05) is 17.3 Å². The topological polar surface area (TPSA) is 88.3 Å². The van der Waals surface area contributed by atoms with Crippen LogP contribution < -0.4 is 5.32 Å². The molecule has 162 valence electrons. The van der Waals surface area contributed by atoms with Crippen LogP contribution in [0.4, 0.5) is 13.2 Å². The van der Waals surface area contributed by atoms with Gasteiger partial charge >= 0.3 is 6.18 Å². The van der Waals surface area contributed by atoms with Gasteiger partial charge in [0.15, 0.2) is 5.69 Å². The Bertz CT molecular complexity index is 889. The van der Waals surface area contributed by atoms with Crippen LogP contribution in [0.25, 0.3) is 0 Å². The van der Waals surface area contributed by atoms with Crippen LogP contribution in [-0.2, 0) is 17.5 Å². The van der Waals surface area contributed by atoms with Crippen molar-refractivity contribution in [3.8, 4) is 0 Å². The van der Waals surface area contributed by atoms with Crippen LogP contribution in [0.3, 0.4) is 0 Å². The molecule has 1 aliphatic rings. The van der Waals surface area contributed by atoms with Gasteiger partial charge in [-0.3, -0.25) is 9.59 Å². The van der Waals surface area contributed by atoms with Crippen molar-refractivity contribution >= 4 is 11.8 Å². The molecule has 2 aromatic rings. The van der Waals surface area contributed by atoms with Crippen molar-refractivity contribution in [3.63, 3.8) is 0 Å². The summed E-state index contributed by atoms with van der Waals surface area (Å²) in [6, 6.07) is 4.92. The van der Waals surface area contributed by atoms with Crippen molar-refractivity contribution in [3.05, 3.63) is 46.8 Å². The van der Waals surface area contributed by atoms with Gasteiger partial charge < -0.3 is 10.2 Å². The maximum Gasteiger partial charge on any atom is 0.416 e. The smallest absolute Gasteiger partial charge is 0.352 e. The van der Waals surface area contributed by atoms with Gasteiger partial charge in [0.1, 0.15) is 5.69 Å². The van der Waals surface area contributed by atoms with E-state index in [1.54, 1.807) is 17.9 Å². The molecular weight excluding hydrogens is 401 g/mol. The van der Waals surface area contributed by atoms with Gasteiger partial charge in [0.05, 0.1) is 5.56 Å². The van der Waals surface area contributed by atoms with Crippen LogP contribution in [0.2, 0.25) is 0 Å². The maximum absolute atomic E-state index is 12.7. The molecule has 0 saturated carbocycles. The first-order valence-electron chi connectivity index (χ1n) is 9.75. The molecule has 0 atom stereocenters. The highest BCUT2D eigenvalue weighted by molar-refractivity contribution is 5.93. The van der Waals surface area contributed by atoms with Crippen LogP contribution in [0.5, 0.6) is 0 Å². The number of alkyl halides is 3. The van der Waals surface area contributed by atoms with Crippen LogP contribution in [-0.4, -0.2) is 40.1 Å². The lowest BCUT2D eigenvalue weighted by Gasteiger charge is -2.31. The second kappa shape index (κ2) is 9.27. The summed E-state index contributed by atoms with van der Waals surface area (Å²) in [5, 5.41) is 9.93. The normalized spacial score (nSPS) is 15.3. The van der Waals surface area contributed by atoms with E-state index in [0.717, 1.165) is 25.0 Å². The van der Waals surface area contributed by atoms with E-state index in [9.17, 15) is 22.8 Å². The van der Waals surface area contributed by atoms with Gasteiger partial charge in [0, 0.05) is 26.1 Å². The molecule has 0 radical (unpaired) electrons. The third-order valence-corrected chi connectivity index (χ3v) is 5.28. The number of aromatic nitrogens is 2. The minimum atomic E-state index is -4.40. The molecule has 0 spiro atoms. The molecule has 7 nitrogen and oxygen atoms in total. The van der Waals surface area contributed by atoms with Crippen LogP contribution in [0, 0.1) is 12.8 Å². The predicted molar refractivity (Wildman–Crippen MR) is 100 cm³/mol. The summed E-state index contributed by atoms with van der Waals surface area (Å²) in [6.07, 6.45) is -1.89. The summed E-state index contributed by atoms with van der Waals surface area (Å²) in [4.78, 5) is 26.2. The average molecular weight is 424 g/mol. The van der Waals surface area contributed by atoms with E-state index in [4.69, 9.17) is 0 Å². The average Bonchev–Trinajstić information content (AvgIpc) is 3.16. The number of aryl methyl sites for hydroxylation is 1. The van der Waals surface area contributed by atoms with Crippen molar-refractivity contribution in [2.75, 3.05) is 13.1 Å². The zero-order valence-corrected chi connectivity index (χ0v) is 16.5. The van der Waals surface area contributed by atoms with Gasteiger partial charge in [-0.25, -0.2) is 4.63 Å². The summed E-state index contributed by atoms with van der Waals surface area (Å²) >= 11 is 0. The first kappa shape index (κ1) is 21.8. The molecule has 1 fully saturated rings. The number of nitrogens with zero attached hydrogens (tertiary/aromatic N) is 3. The van der Waals surface area contributed by atoms with Crippen molar-refractivity contribution < 1.29 is 27.4 Å². The Kier molecular flexibility index (Phi) is 6.73. The van der Waals surface area contributed by atoms with Crippen LogP contribution >= 0.6 is 0 Å². The maximum atomic E-state index is 12.7. The van der Waals surface area contributed by atoms with E-state index in [-0.39, 0.29) is 24.1 Å². The largest absolute Gasteiger partial charge is 0.416 e. The quantitative estimate of drug-likeness (QED) is 0.768. The van der Waals surface area contributed by atoms with E-state index in [1.165, 1.54) is 6.07 Å². The van der Waals surface area contributed by atoms with Crippen LogP contribution in [0.1, 0.15) is 53.0 Å². The Hall–Kier alpha value is -2.91. The van der Waals surface area contributed by atoms with E-state index in [1.807, 2.05) is 0 Å². The third kappa shape index (κ3) is 5.58. The number of hydrogen-bond donors (Lipinski definition) is 1. The Labute approximate surface area is 171 Å². The SMILES string of the molecule is Cc1nonc1C(=O)N1CCC(CCC(=O)NCc2cccc(C(F)(F)F)c2)CC1. The first-order valence-corrected chi connectivity index (χ1v) is 9.75. The van der Waals surface area contributed by atoms with E-state index < -0.39 is 11.7 Å². The van der Waals surface area contributed by atoms with E-state index >= 15 is 0 Å². The van der Waals surface area contributed by atoms with Gasteiger partial charge in [-0.2, -0.15) is 13.2 Å². The molecule has 3 rings (SSSR count). The molecule has 1 aromatic heterocycles. The Morgan fingerprint density at radius 1 is 1.23 bits per heavy atom. The second-order valence-electron chi connectivity index (χ2n) is 7.45. The monoisotopic (exact) mass is 424 g/mol. The van der Waals surface area contributed by atoms with Gasteiger partial charge in [-0.05, 0) is 55.0 Å². The lowest BCUT2D eigenvalue weighted by molar-refractivity contribution is -0.137. The standard InChI is InChI=1S/C20H23F3N4O3/c1-13-18(26-30-25-13)19(29)27-9-7-14(8-10-27)5-6-17(28)24-12-15-3-2-4-16(11-15)20(21,22)23/h2-4,11,14H,5-10,12H2,1H3,(H,24,28). The van der Waals surface area contributed by atoms with Crippen molar-refractivity contribution in [2.24, 2.45) is 5.92 Å². The third-order valence-electron chi connectivity index (χ3n) is 5.28. The number of hydrogen-bond acceptors (Lipinski definition) is 5. The predicted octanol–water partition coefficient (Wildman–Crippen LogP) is 3.35. The molecular formula is C20H23F3N4O3. The number of likely N-dealkylation sites (tertiary alicyclic amines) is 1. The fourth-order valence-electron chi connectivity index (χ4n) is 3.48. The molecule has 0 aliphatic carbocycles. The minimum Gasteiger partial charge on any atom is -0.352 e. The summed E-state index contributed by atoms with van der Waals surface area (Å²) in [6.45, 7) is 2.86. The van der Waals surface area contributed by atoms with Crippen LogP contribution in [0.15, 0.2) is 28.9 Å². The highest BCUT2D eigenvalue weighted by Crippen LogP contribution is 2.29. The molecule has 2 heterocycles. The zero-order chi connectivity index (χ0) is 21.7. The number of nitrogens with one attached hydrogen (secondary N) is 1. The summed E-state index contributed by atoms with van der Waals surface area (Å²) in [5.74, 6) is -0.0915. The molecule has 1 N–H and O–H groups in total. The van der Waals surface area contributed by atoms with Gasteiger partial charge in [0.2, 0.25) is 5.91 Å². The fraction of sp³-hybridized carbons (Fsp3) is 0.500. The lowest BCUT2D eigenvalue weighted by atomic mass is 9.92. The number of carbonyl (C=O) groups is 2. The molecule has 1 aliphatic heterocycles. The van der Waals surface area contributed by atoms with Crippen molar-refractivity contribution in [1.29, 1.82) is 0 Å². The van der Waals surface area contributed by atoms with E-state index in [0.29, 0.717) is 43.1 Å². The molecule has 30 heavy (non-hydrogen) atoms. The molecule has 1 aromatic carbocycles. The first-order chi connectivity index (χ1) is 14.2. The fourth-order valence-corrected chi connectivity index (χ4v) is 3.48. The minimum absolute atomic E-state index is 0.0563. The number of piperidine rings is 1. The number of benzene rings is 1. The second-order valence-corrected chi connectivity index (χ2v) is 7.45. The Morgan fingerprint density at radius 3 is 2.60 bits per heavy atom. The Balaban J connectivity index is 1.39. The van der Waals surface area contributed by atoms with Crippen molar-refractivity contribution in [2.45, 2.75) is 45.3 Å². The molecule has 0 bridgehead atoms. The van der Waals surface area contributed by atoms with Crippen molar-refractivity contribution in [1.82, 2.24) is 20.5 Å². The number of amides is 2. The zero-order valence-electron chi connectivity index (χ0n) is 16.5. The molecule has 0 unspecified atom stereocenters. The van der Waals surface area contributed by atoms with Gasteiger partial charge in [-0.15, -0.1) is 0 Å². The number of halogens is 3. The Morgan fingerprint density at radius 2 is 1.97 bits per heavy atom. The number of rotatable bonds is 6. The van der Waals surface area contributed by atoms with Gasteiger partial charge in [0.25, 0.3) is 5.91 Å². The summed E-state index contributed by atoms with van der Waals surface area (Å²) in [7, 11) is 0. The van der Waals surface area contributed by atoms with E-state index in [2.05, 4.69) is 20.3 Å². The molecule has 2 amide bonds. The highest BCUT2D eigenvalue weighted by atomic mass is 19.4. The summed E-state index contributed by atoms with van der Waals surface area (Å²) < 4.78 is 42.8. The number of carbonyl (C=O) groups excluding carboxylic acids is 2.